The molecule has 222 valence electrons. The van der Waals surface area contributed by atoms with E-state index in [2.05, 4.69) is 5.32 Å². The normalized spacial score (nSPS) is 21.9. The van der Waals surface area contributed by atoms with Crippen LogP contribution in [0, 0.1) is 11.8 Å². The van der Waals surface area contributed by atoms with Crippen molar-refractivity contribution in [1.29, 1.82) is 0 Å². The number of rotatable bonds is 10. The largest absolute Gasteiger partial charge is 0.497 e. The van der Waals surface area contributed by atoms with Crippen molar-refractivity contribution >= 4 is 29.4 Å². The molecule has 1 fully saturated rings. The number of amides is 3. The number of benzene rings is 3. The summed E-state index contributed by atoms with van der Waals surface area (Å²) in [6.45, 7) is 1.39. The Labute approximate surface area is 250 Å². The summed E-state index contributed by atoms with van der Waals surface area (Å²) in [5, 5.41) is 2.67. The van der Waals surface area contributed by atoms with Crippen LogP contribution in [0.3, 0.4) is 0 Å². The van der Waals surface area contributed by atoms with Gasteiger partial charge in [0.15, 0.2) is 6.61 Å². The van der Waals surface area contributed by atoms with Gasteiger partial charge in [0.2, 0.25) is 11.8 Å². The number of ether oxygens (including phenoxy) is 3. The fraction of sp³-hybridized carbons (Fsp3) is 0.353. The van der Waals surface area contributed by atoms with Gasteiger partial charge in [-0.2, -0.15) is 0 Å². The smallest absolute Gasteiger partial charge is 0.329 e. The van der Waals surface area contributed by atoms with Crippen molar-refractivity contribution in [2.75, 3.05) is 26.1 Å². The number of carbonyl (C=O) groups is 4. The number of hydrogen-bond donors (Lipinski definition) is 1. The number of carbonyl (C=O) groups excluding carboxylic acids is 4. The standard InChI is InChI=1S/C34H34N2O7/c1-4-5-14-25(34(40)43-18-27(37)35-24-16-15-19(41-2)17-26(24)42-3)36-32(38)30-28-20-10-6-7-11-21(20)29(31(30)33(36)39)23-13-9-8-12-22(23)28/h6-13,15-17,25,28-31H,4-5,14,18H2,1-3H3,(H,35,37)/t25-,28?,29?,30-,31-/m1/s1. The molecular weight excluding hydrogens is 548 g/mol. The number of likely N-dealkylation sites (tertiary alicyclic amines) is 1. The Hall–Kier alpha value is -4.66. The van der Waals surface area contributed by atoms with E-state index in [0.717, 1.165) is 33.6 Å². The van der Waals surface area contributed by atoms with E-state index < -0.39 is 36.4 Å². The zero-order valence-corrected chi connectivity index (χ0v) is 24.4. The van der Waals surface area contributed by atoms with E-state index in [0.29, 0.717) is 23.6 Å². The van der Waals surface area contributed by atoms with Gasteiger partial charge in [0.25, 0.3) is 5.91 Å². The number of methoxy groups -OCH3 is 2. The van der Waals surface area contributed by atoms with Crippen LogP contribution in [0.5, 0.6) is 11.5 Å². The first-order chi connectivity index (χ1) is 20.9. The van der Waals surface area contributed by atoms with Gasteiger partial charge < -0.3 is 19.5 Å². The second kappa shape index (κ2) is 11.6. The van der Waals surface area contributed by atoms with Crippen LogP contribution >= 0.6 is 0 Å². The molecule has 3 aromatic rings. The predicted molar refractivity (Wildman–Crippen MR) is 158 cm³/mol. The summed E-state index contributed by atoms with van der Waals surface area (Å²) in [5.74, 6) is -2.83. The SMILES string of the molecule is CCCC[C@H](C(=O)OCC(=O)Nc1ccc(OC)cc1OC)N1C(=O)[C@@H]2C3c4ccccc4C(c4ccccc43)[C@H]2C1=O. The molecule has 9 nitrogen and oxygen atoms in total. The van der Waals surface area contributed by atoms with Crippen molar-refractivity contribution < 1.29 is 33.4 Å². The molecule has 3 atom stereocenters. The average Bonchev–Trinajstić information content (AvgIpc) is 3.30. The van der Waals surface area contributed by atoms with Gasteiger partial charge in [-0.1, -0.05) is 68.3 Å². The van der Waals surface area contributed by atoms with Gasteiger partial charge in [0.05, 0.1) is 31.7 Å². The number of nitrogens with one attached hydrogen (secondary N) is 1. The Kier molecular flexibility index (Phi) is 7.64. The summed E-state index contributed by atoms with van der Waals surface area (Å²) in [7, 11) is 2.99. The van der Waals surface area contributed by atoms with Crippen LogP contribution in [-0.4, -0.2) is 55.5 Å². The molecule has 0 spiro atoms. The molecule has 43 heavy (non-hydrogen) atoms. The molecule has 2 bridgehead atoms. The lowest BCUT2D eigenvalue weighted by molar-refractivity contribution is -0.160. The monoisotopic (exact) mass is 582 g/mol. The fourth-order valence-electron chi connectivity index (χ4n) is 7.08. The average molecular weight is 583 g/mol. The molecule has 0 unspecified atom stereocenters. The molecular formula is C34H34N2O7. The number of imide groups is 1. The van der Waals surface area contributed by atoms with Crippen molar-refractivity contribution in [2.45, 2.75) is 44.1 Å². The van der Waals surface area contributed by atoms with E-state index >= 15 is 0 Å². The minimum absolute atomic E-state index is 0.259. The van der Waals surface area contributed by atoms with Crippen LogP contribution in [0.4, 0.5) is 5.69 Å². The third kappa shape index (κ3) is 4.73. The maximum absolute atomic E-state index is 14.2. The number of unbranched alkanes of at least 4 members (excludes halogenated alkanes) is 1. The molecule has 9 heteroatoms. The molecule has 3 amide bonds. The van der Waals surface area contributed by atoms with E-state index in [1.807, 2.05) is 55.5 Å². The minimum Gasteiger partial charge on any atom is -0.497 e. The van der Waals surface area contributed by atoms with E-state index in [1.165, 1.54) is 14.2 Å². The Bertz CT molecular complexity index is 1490. The molecule has 0 aromatic heterocycles. The van der Waals surface area contributed by atoms with E-state index in [-0.39, 0.29) is 30.1 Å². The molecule has 0 radical (unpaired) electrons. The second-order valence-corrected chi connectivity index (χ2v) is 11.2. The predicted octanol–water partition coefficient (Wildman–Crippen LogP) is 4.64. The Balaban J connectivity index is 1.24. The zero-order chi connectivity index (χ0) is 30.2. The quantitative estimate of drug-likeness (QED) is 0.274. The molecule has 4 aliphatic rings. The summed E-state index contributed by atoms with van der Waals surface area (Å²) < 4.78 is 16.0. The van der Waals surface area contributed by atoms with Gasteiger partial charge in [-0.3, -0.25) is 19.3 Å². The lowest BCUT2D eigenvalue weighted by Gasteiger charge is -2.45. The number of nitrogens with zero attached hydrogens (tertiary/aromatic N) is 1. The number of esters is 1. The topological polar surface area (TPSA) is 111 Å². The molecule has 3 aromatic carbocycles. The summed E-state index contributed by atoms with van der Waals surface area (Å²) in [5.41, 5.74) is 4.64. The first-order valence-electron chi connectivity index (χ1n) is 14.6. The molecule has 1 saturated heterocycles. The van der Waals surface area contributed by atoms with Gasteiger partial charge in [0.1, 0.15) is 17.5 Å². The molecule has 7 rings (SSSR count). The lowest BCUT2D eigenvalue weighted by atomic mass is 9.55. The van der Waals surface area contributed by atoms with Crippen LogP contribution in [0.15, 0.2) is 66.7 Å². The van der Waals surface area contributed by atoms with Crippen LogP contribution in [0.1, 0.15) is 60.3 Å². The van der Waals surface area contributed by atoms with Crippen LogP contribution in [0.25, 0.3) is 0 Å². The maximum atomic E-state index is 14.2. The van der Waals surface area contributed by atoms with Crippen molar-refractivity contribution in [3.05, 3.63) is 89.0 Å². The molecule has 1 N–H and O–H groups in total. The van der Waals surface area contributed by atoms with Gasteiger partial charge in [-0.25, -0.2) is 4.79 Å². The van der Waals surface area contributed by atoms with Gasteiger partial charge >= 0.3 is 5.97 Å². The summed E-state index contributed by atoms with van der Waals surface area (Å²) in [6, 6.07) is 19.8. The van der Waals surface area contributed by atoms with E-state index in [4.69, 9.17) is 14.2 Å². The zero-order valence-electron chi connectivity index (χ0n) is 24.4. The van der Waals surface area contributed by atoms with E-state index in [1.54, 1.807) is 18.2 Å². The Morgan fingerprint density at radius 2 is 1.40 bits per heavy atom. The molecule has 1 heterocycles. The highest BCUT2D eigenvalue weighted by atomic mass is 16.5. The second-order valence-electron chi connectivity index (χ2n) is 11.2. The first-order valence-corrected chi connectivity index (χ1v) is 14.6. The molecule has 3 aliphatic carbocycles. The summed E-state index contributed by atoms with van der Waals surface area (Å²) in [4.78, 5) is 55.8. The van der Waals surface area contributed by atoms with Crippen molar-refractivity contribution in [2.24, 2.45) is 11.8 Å². The van der Waals surface area contributed by atoms with Crippen LogP contribution < -0.4 is 14.8 Å². The highest BCUT2D eigenvalue weighted by Gasteiger charge is 2.63. The number of hydrogen-bond acceptors (Lipinski definition) is 7. The van der Waals surface area contributed by atoms with E-state index in [9.17, 15) is 19.2 Å². The van der Waals surface area contributed by atoms with Crippen molar-refractivity contribution in [3.8, 4) is 11.5 Å². The minimum atomic E-state index is -1.11. The van der Waals surface area contributed by atoms with Crippen LogP contribution in [0.2, 0.25) is 0 Å². The highest BCUT2D eigenvalue weighted by molar-refractivity contribution is 6.10. The van der Waals surface area contributed by atoms with Gasteiger partial charge in [0, 0.05) is 17.9 Å². The first kappa shape index (κ1) is 28.5. The highest BCUT2D eigenvalue weighted by Crippen LogP contribution is 2.61. The summed E-state index contributed by atoms with van der Waals surface area (Å²) >= 11 is 0. The Morgan fingerprint density at radius 1 is 0.837 bits per heavy atom. The third-order valence-corrected chi connectivity index (χ3v) is 8.93. The summed E-state index contributed by atoms with van der Waals surface area (Å²) in [6.07, 6.45) is 1.62. The van der Waals surface area contributed by atoms with Gasteiger partial charge in [-0.05, 0) is 40.8 Å². The van der Waals surface area contributed by atoms with Crippen LogP contribution in [-0.2, 0) is 23.9 Å². The lowest BCUT2D eigenvalue weighted by Crippen LogP contribution is -2.47. The maximum Gasteiger partial charge on any atom is 0.329 e. The third-order valence-electron chi connectivity index (χ3n) is 8.93. The fourth-order valence-corrected chi connectivity index (χ4v) is 7.08. The number of anilines is 1. The van der Waals surface area contributed by atoms with Crippen molar-refractivity contribution in [3.63, 3.8) is 0 Å². The Morgan fingerprint density at radius 3 is 1.88 bits per heavy atom. The van der Waals surface area contributed by atoms with Gasteiger partial charge in [-0.15, -0.1) is 0 Å². The molecule has 0 saturated carbocycles. The van der Waals surface area contributed by atoms with Crippen molar-refractivity contribution in [1.82, 2.24) is 4.90 Å². The molecule has 1 aliphatic heterocycles.